The maximum atomic E-state index is 14.6. The summed E-state index contributed by atoms with van der Waals surface area (Å²) in [6.07, 6.45) is -5.02. The number of aliphatic hydroxyl groups excluding tert-OH is 5. The third-order valence-electron chi connectivity index (χ3n) is 16.0. The topological polar surface area (TPSA) is 446 Å². The highest BCUT2D eigenvalue weighted by molar-refractivity contribution is 6.31. The van der Waals surface area contributed by atoms with Gasteiger partial charge in [-0.3, -0.25) is 38.4 Å². The number of esters is 1. The molecule has 4 aliphatic rings. The Labute approximate surface area is 508 Å². The zero-order chi connectivity index (χ0) is 64.4. The number of carboxylic acid groups (broad SMARTS) is 2. The highest BCUT2D eigenvalue weighted by Gasteiger charge is 2.49. The molecule has 87 heavy (non-hydrogen) atoms. The molecule has 2 unspecified atom stereocenters. The van der Waals surface area contributed by atoms with Crippen LogP contribution in [0.15, 0.2) is 0 Å². The van der Waals surface area contributed by atoms with E-state index in [4.69, 9.17) is 16.3 Å². The van der Waals surface area contributed by atoms with Crippen molar-refractivity contribution in [2.75, 3.05) is 38.1 Å². The van der Waals surface area contributed by atoms with Crippen LogP contribution < -0.4 is 31.9 Å². The smallest absolute Gasteiger partial charge is 0.335 e. The number of nitrogens with zero attached hydrogens (tertiary/aromatic N) is 5. The number of aromatic nitrogens is 2. The first-order chi connectivity index (χ1) is 41.2. The number of carboxylic acids is 2. The summed E-state index contributed by atoms with van der Waals surface area (Å²) in [4.78, 5) is 165. The molecular formula is C56H86ClN11O19. The molecule has 30 nitrogen and oxygen atoms in total. The molecule has 0 radical (unpaired) electrons. The van der Waals surface area contributed by atoms with Gasteiger partial charge in [0.15, 0.2) is 18.2 Å². The van der Waals surface area contributed by atoms with Crippen molar-refractivity contribution in [2.45, 2.75) is 223 Å². The van der Waals surface area contributed by atoms with Crippen LogP contribution in [0, 0.1) is 19.8 Å². The van der Waals surface area contributed by atoms with Crippen LogP contribution in [0.1, 0.15) is 141 Å². The van der Waals surface area contributed by atoms with E-state index in [-0.39, 0.29) is 83.4 Å². The number of ether oxygens (including phenoxy) is 1. The van der Waals surface area contributed by atoms with E-state index in [0.29, 0.717) is 35.2 Å². The molecule has 31 heteroatoms. The summed E-state index contributed by atoms with van der Waals surface area (Å²) in [5.41, 5.74) is 0.960. The summed E-state index contributed by atoms with van der Waals surface area (Å²) in [6.45, 7) is 7.20. The van der Waals surface area contributed by atoms with Crippen molar-refractivity contribution >= 4 is 82.7 Å². The normalized spacial score (nSPS) is 27.1. The first-order valence-electron chi connectivity index (χ1n) is 29.8. The van der Waals surface area contributed by atoms with E-state index >= 15 is 0 Å². The molecule has 0 aromatic carbocycles. The van der Waals surface area contributed by atoms with Crippen LogP contribution in [0.25, 0.3) is 0 Å². The van der Waals surface area contributed by atoms with Crippen molar-refractivity contribution in [3.63, 3.8) is 0 Å². The molecule has 0 bridgehead atoms. The summed E-state index contributed by atoms with van der Waals surface area (Å²) >= 11 is 6.25. The number of hydrogen-bond donors (Lipinski definition) is 13. The summed E-state index contributed by atoms with van der Waals surface area (Å²) in [6, 6.07) is -14.7. The molecule has 0 saturated carbocycles. The van der Waals surface area contributed by atoms with Gasteiger partial charge in [0, 0.05) is 26.2 Å². The third kappa shape index (κ3) is 19.6. The minimum absolute atomic E-state index is 0.00739. The average Bonchev–Trinajstić information content (AvgIpc) is 2.77. The molecule has 486 valence electrons. The average molecular weight is 1250 g/mol. The van der Waals surface area contributed by atoms with E-state index in [1.165, 1.54) is 4.90 Å². The molecule has 1 aromatic rings. The predicted molar refractivity (Wildman–Crippen MR) is 306 cm³/mol. The number of aliphatic hydroxyl groups is 5. The number of aryl methyl sites for hydroxylation is 2. The minimum atomic E-state index is -2.78. The van der Waals surface area contributed by atoms with Crippen molar-refractivity contribution in [2.24, 2.45) is 5.92 Å². The fourth-order valence-corrected chi connectivity index (χ4v) is 11.3. The predicted octanol–water partition coefficient (Wildman–Crippen LogP) is -1.95. The Bertz CT molecular complexity index is 2610. The Morgan fingerprint density at radius 1 is 0.632 bits per heavy atom. The van der Waals surface area contributed by atoms with Gasteiger partial charge in [0.25, 0.3) is 0 Å². The van der Waals surface area contributed by atoms with E-state index in [1.807, 2.05) is 5.32 Å². The number of aliphatic carboxylic acids is 2. The monoisotopic (exact) mass is 1250 g/mol. The standard InChI is InChI=1S/C56H86ClN11O19/c1-28(2)16-11-9-7-6-8-10-12-17-32-26-38(72)63-41(44(73)53(82)83)48(77)64-40(31(5)70)52(81)67-24-15-20-36(67)51(80)66-23-14-19-35(66)47(76)61-33(18-13-22-58-56-59-29(3)39(57)30(4)60-56)46(75)62-34(27-69)50(79)68-25-21-37(71)43(68)49(78)65-42(55(86)87-32)45(74)54(84)85/h28,31-37,40-45,69-71,73-74H,6-27H2,1-5H3,(H,61,76)(H,62,75)(H,63,72)(H,64,77)(H,65,78)(H,82,83)(H,84,85)(H,58,59,60)/t31-,32+,33?,34+,35-,36+,37-,40?,41+,42-,43-,44+,45-/m0/s1. The molecule has 0 spiro atoms. The van der Waals surface area contributed by atoms with Gasteiger partial charge in [0.2, 0.25) is 53.2 Å². The Balaban J connectivity index is 1.52. The first-order valence-corrected chi connectivity index (χ1v) is 30.2. The first kappa shape index (κ1) is 70.9. The van der Waals surface area contributed by atoms with Crippen LogP contribution in [0.4, 0.5) is 5.95 Å². The van der Waals surface area contributed by atoms with Gasteiger partial charge in [-0.2, -0.15) is 0 Å². The highest BCUT2D eigenvalue weighted by atomic mass is 35.5. The maximum absolute atomic E-state index is 14.6. The van der Waals surface area contributed by atoms with Crippen LogP contribution in [0.2, 0.25) is 5.02 Å². The Morgan fingerprint density at radius 2 is 1.20 bits per heavy atom. The summed E-state index contributed by atoms with van der Waals surface area (Å²) in [5, 5.41) is 89.2. The molecule has 4 fully saturated rings. The third-order valence-corrected chi connectivity index (χ3v) is 16.5. The van der Waals surface area contributed by atoms with Gasteiger partial charge in [-0.15, -0.1) is 0 Å². The van der Waals surface area contributed by atoms with E-state index in [0.717, 1.165) is 48.8 Å². The lowest BCUT2D eigenvalue weighted by Gasteiger charge is -2.34. The lowest BCUT2D eigenvalue weighted by atomic mass is 10.0. The van der Waals surface area contributed by atoms with Gasteiger partial charge >= 0.3 is 17.9 Å². The molecule has 5 rings (SSSR count). The molecule has 13 atom stereocenters. The minimum Gasteiger partial charge on any atom is -0.479 e. The number of anilines is 1. The second-order valence-electron chi connectivity index (χ2n) is 23.2. The Kier molecular flexibility index (Phi) is 27.3. The quantitative estimate of drug-likeness (QED) is 0.0470. The van der Waals surface area contributed by atoms with Gasteiger partial charge in [-0.1, -0.05) is 70.4 Å². The van der Waals surface area contributed by atoms with Crippen molar-refractivity contribution in [1.29, 1.82) is 0 Å². The lowest BCUT2D eigenvalue weighted by molar-refractivity contribution is -0.165. The van der Waals surface area contributed by atoms with E-state index in [9.17, 15) is 88.5 Å². The van der Waals surface area contributed by atoms with Gasteiger partial charge in [-0.25, -0.2) is 24.4 Å². The zero-order valence-electron chi connectivity index (χ0n) is 49.8. The largest absolute Gasteiger partial charge is 0.479 e. The Hall–Kier alpha value is -6.86. The number of amides is 8. The number of unbranched alkanes of at least 4 members (excludes halogenated alkanes) is 6. The second-order valence-corrected chi connectivity index (χ2v) is 23.5. The molecule has 1 aromatic heterocycles. The number of fused-ring (bicyclic) bond motifs is 3. The van der Waals surface area contributed by atoms with Crippen LogP contribution in [-0.2, 0) is 57.5 Å². The number of carbonyl (C=O) groups excluding carboxylic acids is 9. The second kappa shape index (κ2) is 33.5. The molecule has 8 amide bonds. The number of carbonyl (C=O) groups is 11. The maximum Gasteiger partial charge on any atom is 0.335 e. The zero-order valence-corrected chi connectivity index (χ0v) is 50.5. The van der Waals surface area contributed by atoms with Crippen LogP contribution in [-0.4, -0.2) is 237 Å². The number of hydrogen-bond acceptors (Lipinski definition) is 20. The molecule has 5 heterocycles. The van der Waals surface area contributed by atoms with Crippen molar-refractivity contribution < 1.29 is 93.2 Å². The number of rotatable bonds is 21. The number of nitrogens with one attached hydrogen (secondary N) is 6. The van der Waals surface area contributed by atoms with Gasteiger partial charge in [0.05, 0.1) is 41.6 Å². The highest BCUT2D eigenvalue weighted by Crippen LogP contribution is 2.28. The molecule has 4 saturated heterocycles. The molecule has 4 aliphatic heterocycles. The summed E-state index contributed by atoms with van der Waals surface area (Å²) in [7, 11) is 0. The van der Waals surface area contributed by atoms with Gasteiger partial charge in [-0.05, 0) is 84.5 Å². The number of halogens is 1. The fraction of sp³-hybridized carbons (Fsp3) is 0.732. The fourth-order valence-electron chi connectivity index (χ4n) is 11.2. The molecule has 13 N–H and O–H groups in total. The summed E-state index contributed by atoms with van der Waals surface area (Å²) in [5.74, 6) is -13.9. The van der Waals surface area contributed by atoms with Crippen LogP contribution in [0.3, 0.4) is 0 Å². The van der Waals surface area contributed by atoms with E-state index in [2.05, 4.69) is 50.4 Å². The van der Waals surface area contributed by atoms with Crippen LogP contribution >= 0.6 is 11.6 Å². The van der Waals surface area contributed by atoms with Gasteiger partial charge in [0.1, 0.15) is 48.4 Å². The van der Waals surface area contributed by atoms with Crippen molar-refractivity contribution in [3.8, 4) is 0 Å². The lowest BCUT2D eigenvalue weighted by Crippen LogP contribution is -2.63. The van der Waals surface area contributed by atoms with Gasteiger partial charge < -0.3 is 87.1 Å². The van der Waals surface area contributed by atoms with E-state index in [1.54, 1.807) is 13.8 Å². The van der Waals surface area contributed by atoms with E-state index < -0.39 is 164 Å². The van der Waals surface area contributed by atoms with Crippen molar-refractivity contribution in [3.05, 3.63) is 16.4 Å². The summed E-state index contributed by atoms with van der Waals surface area (Å²) < 4.78 is 5.62. The number of cyclic esters (lactones) is 1. The molecule has 0 aliphatic carbocycles. The Morgan fingerprint density at radius 3 is 1.79 bits per heavy atom. The molecular weight excluding hydrogens is 1170 g/mol. The SMILES string of the molecule is Cc1nc(NCCCC2NC(=O)[C@@H]3CCCN3C(=O)[C@H]3CCCN3C(=O)C([C@H](C)O)NC(=O)[C@@H]([C@@H](O)C(=O)O)NC(=O)C[C@@H](CCCCCCCCCC(C)C)OC(=O)[C@H]([C@H](O)C(=O)O)NC(=O)[C@@H]3[C@@H](O)CCN3C(=O)[C@@H](CO)NC2=O)nc(C)c1Cl. The van der Waals surface area contributed by atoms with Crippen molar-refractivity contribution in [1.82, 2.24) is 51.3 Å². The van der Waals surface area contributed by atoms with Crippen LogP contribution in [0.5, 0.6) is 0 Å².